The largest absolute Gasteiger partial charge is 0.368 e. The topological polar surface area (TPSA) is 54.0 Å². The van der Waals surface area contributed by atoms with Crippen LogP contribution in [-0.2, 0) is 0 Å². The van der Waals surface area contributed by atoms with Crippen molar-refractivity contribution >= 4 is 23.3 Å². The van der Waals surface area contributed by atoms with Crippen molar-refractivity contribution in [1.29, 1.82) is 0 Å². The van der Waals surface area contributed by atoms with E-state index in [4.69, 9.17) is 11.6 Å². The number of anilines is 1. The number of rotatable bonds is 8. The van der Waals surface area contributed by atoms with Gasteiger partial charge in [0.15, 0.2) is 0 Å². The van der Waals surface area contributed by atoms with Gasteiger partial charge in [0.25, 0.3) is 5.91 Å². The van der Waals surface area contributed by atoms with Gasteiger partial charge < -0.3 is 10.6 Å². The molecule has 0 spiro atoms. The van der Waals surface area contributed by atoms with Crippen LogP contribution in [0.2, 0.25) is 5.02 Å². The minimum absolute atomic E-state index is 0.0243. The van der Waals surface area contributed by atoms with Gasteiger partial charge in [0, 0.05) is 24.3 Å². The molecule has 0 aliphatic rings. The van der Waals surface area contributed by atoms with Crippen LogP contribution in [-0.4, -0.2) is 23.5 Å². The molecule has 0 saturated heterocycles. The van der Waals surface area contributed by atoms with E-state index >= 15 is 0 Å². The monoisotopic (exact) mass is 407 g/mol. The molecule has 0 fully saturated rings. The van der Waals surface area contributed by atoms with Gasteiger partial charge in [-0.1, -0.05) is 74.0 Å². The van der Waals surface area contributed by atoms with Gasteiger partial charge in [0.2, 0.25) is 0 Å². The Balaban J connectivity index is 1.74. The average molecular weight is 408 g/mol. The first-order valence-corrected chi connectivity index (χ1v) is 10.2. The Kier molecular flexibility index (Phi) is 7.25. The van der Waals surface area contributed by atoms with Crippen LogP contribution in [0.5, 0.6) is 0 Å². The van der Waals surface area contributed by atoms with Crippen LogP contribution in [0.1, 0.15) is 30.6 Å². The summed E-state index contributed by atoms with van der Waals surface area (Å²) < 4.78 is 0. The van der Waals surface area contributed by atoms with Crippen LogP contribution in [0, 0.1) is 5.92 Å². The van der Waals surface area contributed by atoms with Gasteiger partial charge in [-0.2, -0.15) is 0 Å². The van der Waals surface area contributed by atoms with Crippen LogP contribution in [0.25, 0.3) is 11.1 Å². The summed E-state index contributed by atoms with van der Waals surface area (Å²) in [5.41, 5.74) is 2.64. The van der Waals surface area contributed by atoms with Crippen molar-refractivity contribution in [1.82, 2.24) is 10.3 Å². The van der Waals surface area contributed by atoms with E-state index in [1.54, 1.807) is 12.3 Å². The first-order chi connectivity index (χ1) is 14.0. The van der Waals surface area contributed by atoms with E-state index in [9.17, 15) is 4.79 Å². The number of carbonyl (C=O) groups is 1. The summed E-state index contributed by atoms with van der Waals surface area (Å²) in [7, 11) is 0. The molecule has 4 nitrogen and oxygen atoms in total. The van der Waals surface area contributed by atoms with Crippen LogP contribution in [0.4, 0.5) is 5.82 Å². The predicted molar refractivity (Wildman–Crippen MR) is 120 cm³/mol. The molecule has 0 saturated carbocycles. The maximum Gasteiger partial charge on any atom is 0.252 e. The molecule has 0 aliphatic carbocycles. The maximum atomic E-state index is 13.1. The molecule has 3 rings (SSSR count). The lowest BCUT2D eigenvalue weighted by Gasteiger charge is -2.22. The lowest BCUT2D eigenvalue weighted by molar-refractivity contribution is 0.0935. The number of carbonyl (C=O) groups excluding carboxylic acids is 1. The summed E-state index contributed by atoms with van der Waals surface area (Å²) in [6, 6.07) is 21.3. The van der Waals surface area contributed by atoms with Gasteiger partial charge in [-0.15, -0.1) is 0 Å². The summed E-state index contributed by atoms with van der Waals surface area (Å²) >= 11 is 5.90. The molecule has 0 unspecified atom stereocenters. The second kappa shape index (κ2) is 10.1. The normalized spacial score (nSPS) is 11.9. The number of hydrogen-bond donors (Lipinski definition) is 2. The number of nitrogens with zero attached hydrogens (tertiary/aromatic N) is 1. The second-order valence-electron chi connectivity index (χ2n) is 7.45. The van der Waals surface area contributed by atoms with Crippen molar-refractivity contribution < 1.29 is 4.79 Å². The lowest BCUT2D eigenvalue weighted by atomic mass is 9.98. The summed E-state index contributed by atoms with van der Waals surface area (Å²) in [5, 5.41) is 7.09. The molecule has 2 aromatic carbocycles. The Morgan fingerprint density at radius 1 is 1.00 bits per heavy atom. The molecule has 2 N–H and O–H groups in total. The minimum Gasteiger partial charge on any atom is -0.368 e. The molecule has 29 heavy (non-hydrogen) atoms. The van der Waals surface area contributed by atoms with Crippen molar-refractivity contribution in [2.45, 2.75) is 26.3 Å². The first kappa shape index (κ1) is 20.9. The molecule has 0 radical (unpaired) electrons. The molecule has 5 heteroatoms. The predicted octanol–water partition coefficient (Wildman–Crippen LogP) is 5.66. The van der Waals surface area contributed by atoms with Gasteiger partial charge >= 0.3 is 0 Å². The van der Waals surface area contributed by atoms with Crippen molar-refractivity contribution in [2.24, 2.45) is 5.92 Å². The van der Waals surface area contributed by atoms with Gasteiger partial charge in [0.05, 0.1) is 5.02 Å². The van der Waals surface area contributed by atoms with E-state index in [0.717, 1.165) is 23.4 Å². The van der Waals surface area contributed by atoms with E-state index in [-0.39, 0.29) is 11.9 Å². The molecule has 0 bridgehead atoms. The molecule has 3 aromatic rings. The van der Waals surface area contributed by atoms with Gasteiger partial charge in [-0.3, -0.25) is 4.79 Å². The quantitative estimate of drug-likeness (QED) is 0.506. The van der Waals surface area contributed by atoms with Crippen LogP contribution in [0.3, 0.4) is 0 Å². The van der Waals surface area contributed by atoms with Crippen molar-refractivity contribution in [3.63, 3.8) is 0 Å². The molecule has 150 valence electrons. The molecular weight excluding hydrogens is 382 g/mol. The first-order valence-electron chi connectivity index (χ1n) is 9.83. The lowest BCUT2D eigenvalue weighted by Crippen LogP contribution is -2.40. The summed E-state index contributed by atoms with van der Waals surface area (Å²) in [6.45, 7) is 4.89. The number of amides is 1. The number of nitrogens with one attached hydrogen (secondary N) is 2. The standard InChI is InChI=1S/C24H26ClN3O/c1-17(2)14-20(16-27-23-13-12-19(25)15-26-23)28-24(29)22-11-7-6-10-21(22)18-8-4-3-5-9-18/h3-13,15,17,20H,14,16H2,1-2H3,(H,26,27)(H,28,29)/t20-/m0/s1. The number of halogens is 1. The Morgan fingerprint density at radius 3 is 2.41 bits per heavy atom. The number of aromatic nitrogens is 1. The smallest absolute Gasteiger partial charge is 0.252 e. The highest BCUT2D eigenvalue weighted by molar-refractivity contribution is 6.30. The summed E-state index contributed by atoms with van der Waals surface area (Å²) in [4.78, 5) is 17.4. The zero-order valence-electron chi connectivity index (χ0n) is 16.7. The average Bonchev–Trinajstić information content (AvgIpc) is 2.73. The van der Waals surface area contributed by atoms with E-state index in [1.165, 1.54) is 0 Å². The maximum absolute atomic E-state index is 13.1. The van der Waals surface area contributed by atoms with E-state index in [0.29, 0.717) is 23.0 Å². The zero-order valence-corrected chi connectivity index (χ0v) is 17.5. The van der Waals surface area contributed by atoms with Crippen LogP contribution >= 0.6 is 11.6 Å². The Hall–Kier alpha value is -2.85. The minimum atomic E-state index is -0.0685. The van der Waals surface area contributed by atoms with Crippen LogP contribution < -0.4 is 10.6 Å². The Bertz CT molecular complexity index is 926. The fourth-order valence-electron chi connectivity index (χ4n) is 3.28. The molecule has 1 aromatic heterocycles. The number of hydrogen-bond acceptors (Lipinski definition) is 3. The van der Waals surface area contributed by atoms with Gasteiger partial charge in [-0.25, -0.2) is 4.98 Å². The fourth-order valence-corrected chi connectivity index (χ4v) is 3.40. The van der Waals surface area contributed by atoms with E-state index < -0.39 is 0 Å². The highest BCUT2D eigenvalue weighted by atomic mass is 35.5. The third-order valence-electron chi connectivity index (χ3n) is 4.60. The van der Waals surface area contributed by atoms with E-state index in [2.05, 4.69) is 29.5 Å². The van der Waals surface area contributed by atoms with Crippen molar-refractivity contribution in [3.05, 3.63) is 83.5 Å². The Morgan fingerprint density at radius 2 is 1.72 bits per heavy atom. The molecular formula is C24H26ClN3O. The molecule has 1 atom stereocenters. The summed E-state index contributed by atoms with van der Waals surface area (Å²) in [6.07, 6.45) is 2.47. The SMILES string of the molecule is CC(C)C[C@@H](CNc1ccc(Cl)cn1)NC(=O)c1ccccc1-c1ccccc1. The molecule has 1 heterocycles. The second-order valence-corrected chi connectivity index (χ2v) is 7.89. The summed E-state index contributed by atoms with van der Waals surface area (Å²) in [5.74, 6) is 1.12. The third-order valence-corrected chi connectivity index (χ3v) is 4.83. The van der Waals surface area contributed by atoms with Crippen molar-refractivity contribution in [2.75, 3.05) is 11.9 Å². The highest BCUT2D eigenvalue weighted by Gasteiger charge is 2.18. The zero-order chi connectivity index (χ0) is 20.6. The number of benzene rings is 2. The highest BCUT2D eigenvalue weighted by Crippen LogP contribution is 2.23. The van der Waals surface area contributed by atoms with Crippen molar-refractivity contribution in [3.8, 4) is 11.1 Å². The fraction of sp³-hybridized carbons (Fsp3) is 0.250. The van der Waals surface area contributed by atoms with Gasteiger partial charge in [0.1, 0.15) is 5.82 Å². The Labute approximate surface area is 177 Å². The third kappa shape index (κ3) is 6.06. The van der Waals surface area contributed by atoms with Gasteiger partial charge in [-0.05, 0) is 41.7 Å². The molecule has 1 amide bonds. The number of pyridine rings is 1. The van der Waals surface area contributed by atoms with Crippen LogP contribution in [0.15, 0.2) is 72.9 Å². The molecule has 0 aliphatic heterocycles. The van der Waals surface area contributed by atoms with E-state index in [1.807, 2.05) is 60.7 Å².